The van der Waals surface area contributed by atoms with Crippen molar-refractivity contribution in [2.75, 3.05) is 17.5 Å². The standard InChI is InChI=1S/C30H35Cl2N3O5S/c1-6-40-24-14-16-25(17-15-24)41(38,39)35(23-12-10-21(4)11-13-23)19-29(36)34(22(5)30(37)33-20(2)3)18-26-27(31)8-7-9-28(26)32/h7-17,20,22H,6,18-19H2,1-5H3,(H,33,37)/t22-/m0/s1. The third-order valence-corrected chi connectivity index (χ3v) is 8.81. The lowest BCUT2D eigenvalue weighted by molar-refractivity contribution is -0.139. The van der Waals surface area contributed by atoms with Crippen molar-refractivity contribution in [2.24, 2.45) is 0 Å². The minimum Gasteiger partial charge on any atom is -0.494 e. The molecule has 0 bridgehead atoms. The van der Waals surface area contributed by atoms with E-state index in [9.17, 15) is 18.0 Å². The minimum absolute atomic E-state index is 0.0133. The summed E-state index contributed by atoms with van der Waals surface area (Å²) in [6.45, 7) is 8.68. The summed E-state index contributed by atoms with van der Waals surface area (Å²) in [5.41, 5.74) is 1.67. The number of sulfonamides is 1. The van der Waals surface area contributed by atoms with E-state index in [2.05, 4.69) is 5.32 Å². The number of amides is 2. The van der Waals surface area contributed by atoms with E-state index in [1.54, 1.807) is 61.5 Å². The Morgan fingerprint density at radius 3 is 2.05 bits per heavy atom. The van der Waals surface area contributed by atoms with E-state index in [0.29, 0.717) is 33.7 Å². The summed E-state index contributed by atoms with van der Waals surface area (Å²) in [6, 6.07) is 16.6. The maximum atomic E-state index is 14.0. The van der Waals surface area contributed by atoms with Crippen LogP contribution in [0.25, 0.3) is 0 Å². The van der Waals surface area contributed by atoms with Crippen molar-refractivity contribution in [2.45, 2.75) is 58.1 Å². The van der Waals surface area contributed by atoms with Crippen molar-refractivity contribution in [1.82, 2.24) is 10.2 Å². The first kappa shape index (κ1) is 32.2. The van der Waals surface area contributed by atoms with Gasteiger partial charge < -0.3 is 15.0 Å². The van der Waals surface area contributed by atoms with Crippen LogP contribution in [0, 0.1) is 6.92 Å². The van der Waals surface area contributed by atoms with Crippen LogP contribution in [0.5, 0.6) is 5.75 Å². The molecule has 0 spiro atoms. The minimum atomic E-state index is -4.20. The maximum absolute atomic E-state index is 14.0. The normalized spacial score (nSPS) is 12.1. The average molecular weight is 621 g/mol. The molecule has 0 heterocycles. The lowest BCUT2D eigenvalue weighted by atomic mass is 10.1. The zero-order valence-corrected chi connectivity index (χ0v) is 26.1. The Morgan fingerprint density at radius 1 is 0.927 bits per heavy atom. The van der Waals surface area contributed by atoms with E-state index < -0.39 is 34.4 Å². The van der Waals surface area contributed by atoms with Crippen LogP contribution < -0.4 is 14.4 Å². The second-order valence-electron chi connectivity index (χ2n) is 9.81. The van der Waals surface area contributed by atoms with Crippen LogP contribution in [0.4, 0.5) is 5.69 Å². The van der Waals surface area contributed by atoms with Gasteiger partial charge in [0.1, 0.15) is 18.3 Å². The van der Waals surface area contributed by atoms with Gasteiger partial charge in [0.25, 0.3) is 10.0 Å². The Labute approximate surface area is 252 Å². The summed E-state index contributed by atoms with van der Waals surface area (Å²) >= 11 is 12.8. The predicted octanol–water partition coefficient (Wildman–Crippen LogP) is 5.84. The van der Waals surface area contributed by atoms with Crippen molar-refractivity contribution >= 4 is 50.7 Å². The molecule has 220 valence electrons. The second-order valence-corrected chi connectivity index (χ2v) is 12.5. The molecule has 0 aliphatic carbocycles. The van der Waals surface area contributed by atoms with Gasteiger partial charge in [-0.15, -0.1) is 0 Å². The van der Waals surface area contributed by atoms with Gasteiger partial charge in [0, 0.05) is 28.2 Å². The van der Waals surface area contributed by atoms with E-state index >= 15 is 0 Å². The molecule has 0 aliphatic heterocycles. The summed E-state index contributed by atoms with van der Waals surface area (Å²) in [5.74, 6) is -0.479. The molecule has 8 nitrogen and oxygen atoms in total. The number of nitrogens with zero attached hydrogens (tertiary/aromatic N) is 2. The van der Waals surface area contributed by atoms with Crippen LogP contribution in [0.1, 0.15) is 38.8 Å². The van der Waals surface area contributed by atoms with Crippen LogP contribution in [0.3, 0.4) is 0 Å². The van der Waals surface area contributed by atoms with Crippen molar-refractivity contribution in [1.29, 1.82) is 0 Å². The lowest BCUT2D eigenvalue weighted by Crippen LogP contribution is -2.52. The molecular formula is C30H35Cl2N3O5S. The van der Waals surface area contributed by atoms with E-state index in [1.165, 1.54) is 17.0 Å². The largest absolute Gasteiger partial charge is 0.494 e. The highest BCUT2D eigenvalue weighted by atomic mass is 35.5. The Morgan fingerprint density at radius 2 is 1.51 bits per heavy atom. The van der Waals surface area contributed by atoms with Gasteiger partial charge in [-0.25, -0.2) is 8.42 Å². The third kappa shape index (κ3) is 8.15. The quantitative estimate of drug-likeness (QED) is 0.275. The first-order valence-corrected chi connectivity index (χ1v) is 15.4. The fraction of sp³-hybridized carbons (Fsp3) is 0.333. The number of anilines is 1. The molecule has 2 amide bonds. The predicted molar refractivity (Wildman–Crippen MR) is 163 cm³/mol. The monoisotopic (exact) mass is 619 g/mol. The zero-order chi connectivity index (χ0) is 30.3. The van der Waals surface area contributed by atoms with Gasteiger partial charge in [-0.05, 0) is 83.1 Å². The van der Waals surface area contributed by atoms with Crippen LogP contribution >= 0.6 is 23.2 Å². The van der Waals surface area contributed by atoms with Gasteiger partial charge in [-0.1, -0.05) is 47.0 Å². The molecule has 3 aromatic carbocycles. The van der Waals surface area contributed by atoms with Gasteiger partial charge in [-0.3, -0.25) is 13.9 Å². The Bertz CT molecular complexity index is 1440. The molecule has 3 aromatic rings. The molecule has 1 atom stereocenters. The van der Waals surface area contributed by atoms with Crippen molar-refractivity contribution in [3.8, 4) is 5.75 Å². The van der Waals surface area contributed by atoms with Crippen LogP contribution in [0.15, 0.2) is 71.6 Å². The summed E-state index contributed by atoms with van der Waals surface area (Å²) in [7, 11) is -4.20. The number of nitrogens with one attached hydrogen (secondary N) is 1. The Hall–Kier alpha value is -3.27. The first-order valence-electron chi connectivity index (χ1n) is 13.2. The average Bonchev–Trinajstić information content (AvgIpc) is 2.92. The van der Waals surface area contributed by atoms with Crippen LogP contribution in [-0.2, 0) is 26.2 Å². The highest BCUT2D eigenvalue weighted by Crippen LogP contribution is 2.29. The molecule has 11 heteroatoms. The fourth-order valence-electron chi connectivity index (χ4n) is 4.08. The lowest BCUT2D eigenvalue weighted by Gasteiger charge is -2.32. The molecule has 41 heavy (non-hydrogen) atoms. The molecule has 0 aliphatic rings. The van der Waals surface area contributed by atoms with Gasteiger partial charge in [0.05, 0.1) is 17.2 Å². The van der Waals surface area contributed by atoms with E-state index in [0.717, 1.165) is 9.87 Å². The number of aryl methyl sites for hydroxylation is 1. The molecule has 3 rings (SSSR count). The van der Waals surface area contributed by atoms with Crippen molar-refractivity contribution < 1.29 is 22.7 Å². The zero-order valence-electron chi connectivity index (χ0n) is 23.7. The maximum Gasteiger partial charge on any atom is 0.264 e. The molecule has 0 saturated carbocycles. The number of ether oxygens (including phenoxy) is 1. The molecule has 0 radical (unpaired) electrons. The van der Waals surface area contributed by atoms with E-state index in [1.807, 2.05) is 27.7 Å². The molecule has 0 saturated heterocycles. The topological polar surface area (TPSA) is 96.0 Å². The number of halogens is 2. The van der Waals surface area contributed by atoms with Crippen molar-refractivity contribution in [3.05, 3.63) is 87.9 Å². The summed E-state index contributed by atoms with van der Waals surface area (Å²) in [5, 5.41) is 3.46. The summed E-state index contributed by atoms with van der Waals surface area (Å²) < 4.78 is 34.4. The number of carbonyl (C=O) groups excluding carboxylic acids is 2. The summed E-state index contributed by atoms with van der Waals surface area (Å²) in [6.07, 6.45) is 0. The Balaban J connectivity index is 2.05. The molecule has 0 unspecified atom stereocenters. The SMILES string of the molecule is CCOc1ccc(S(=O)(=O)N(CC(=O)N(Cc2c(Cl)cccc2Cl)[C@@H](C)C(=O)NC(C)C)c2ccc(C)cc2)cc1. The smallest absolute Gasteiger partial charge is 0.264 e. The van der Waals surface area contributed by atoms with Crippen LogP contribution in [-0.4, -0.2) is 50.4 Å². The van der Waals surface area contributed by atoms with Gasteiger partial charge in [-0.2, -0.15) is 0 Å². The molecule has 0 fully saturated rings. The van der Waals surface area contributed by atoms with Crippen LogP contribution in [0.2, 0.25) is 10.0 Å². The second kappa shape index (κ2) is 14.1. The highest BCUT2D eigenvalue weighted by Gasteiger charge is 2.33. The number of benzene rings is 3. The highest BCUT2D eigenvalue weighted by molar-refractivity contribution is 7.92. The van der Waals surface area contributed by atoms with Gasteiger partial charge >= 0.3 is 0 Å². The number of hydrogen-bond donors (Lipinski definition) is 1. The number of rotatable bonds is 12. The van der Waals surface area contributed by atoms with Crippen molar-refractivity contribution in [3.63, 3.8) is 0 Å². The Kier molecular flexibility index (Phi) is 11.1. The fourth-order valence-corrected chi connectivity index (χ4v) is 6.01. The number of hydrogen-bond acceptors (Lipinski definition) is 5. The van der Waals surface area contributed by atoms with Gasteiger partial charge in [0.2, 0.25) is 11.8 Å². The van der Waals surface area contributed by atoms with Gasteiger partial charge in [0.15, 0.2) is 0 Å². The summed E-state index contributed by atoms with van der Waals surface area (Å²) in [4.78, 5) is 28.3. The first-order chi connectivity index (χ1) is 19.3. The molecular weight excluding hydrogens is 585 g/mol. The molecule has 0 aromatic heterocycles. The third-order valence-electron chi connectivity index (χ3n) is 6.31. The molecule has 1 N–H and O–H groups in total. The van der Waals surface area contributed by atoms with E-state index in [-0.39, 0.29) is 17.5 Å². The van der Waals surface area contributed by atoms with E-state index in [4.69, 9.17) is 27.9 Å². The number of carbonyl (C=O) groups is 2.